The predicted molar refractivity (Wildman–Crippen MR) is 124 cm³/mol. The van der Waals surface area contributed by atoms with Crippen molar-refractivity contribution in [3.8, 4) is 11.3 Å². The Morgan fingerprint density at radius 3 is 2.71 bits per heavy atom. The van der Waals surface area contributed by atoms with E-state index in [9.17, 15) is 18.3 Å². The van der Waals surface area contributed by atoms with E-state index >= 15 is 0 Å². The Morgan fingerprint density at radius 1 is 1.21 bits per heavy atom. The molecule has 2 N–H and O–H groups in total. The lowest BCUT2D eigenvalue weighted by molar-refractivity contribution is -0.223. The molecule has 0 radical (unpaired) electrons. The van der Waals surface area contributed by atoms with E-state index in [1.807, 2.05) is 13.8 Å². The molecule has 1 fully saturated rings. The molecule has 0 unspecified atom stereocenters. The highest BCUT2D eigenvalue weighted by molar-refractivity contribution is 8.00. The van der Waals surface area contributed by atoms with Crippen LogP contribution in [0.5, 0.6) is 0 Å². The number of alkyl halides is 3. The third-order valence-corrected chi connectivity index (χ3v) is 6.56. The van der Waals surface area contributed by atoms with Crippen LogP contribution in [0.2, 0.25) is 0 Å². The second-order valence-electron chi connectivity index (χ2n) is 8.74. The zero-order valence-corrected chi connectivity index (χ0v) is 19.9. The molecule has 1 aliphatic carbocycles. The molecule has 3 aromatic rings. The molecular formula is C23H27F3N4O3S. The van der Waals surface area contributed by atoms with Gasteiger partial charge in [0, 0.05) is 36.4 Å². The van der Waals surface area contributed by atoms with Crippen LogP contribution in [0, 0.1) is 5.92 Å². The van der Waals surface area contributed by atoms with Gasteiger partial charge in [-0.3, -0.25) is 0 Å². The van der Waals surface area contributed by atoms with Gasteiger partial charge < -0.3 is 19.9 Å². The van der Waals surface area contributed by atoms with Gasteiger partial charge >= 0.3 is 5.51 Å². The van der Waals surface area contributed by atoms with Gasteiger partial charge in [-0.15, -0.1) is 0 Å². The van der Waals surface area contributed by atoms with E-state index in [2.05, 4.69) is 15.4 Å². The number of benzene rings is 1. The largest absolute Gasteiger partial charge is 0.446 e. The maximum atomic E-state index is 12.8. The summed E-state index contributed by atoms with van der Waals surface area (Å²) >= 11 is -0.157. The minimum atomic E-state index is -4.36. The molecule has 34 heavy (non-hydrogen) atoms. The number of hydrogen-bond acceptors (Lipinski definition) is 7. The van der Waals surface area contributed by atoms with Crippen molar-refractivity contribution in [3.05, 3.63) is 42.6 Å². The van der Waals surface area contributed by atoms with Crippen molar-refractivity contribution in [1.29, 1.82) is 0 Å². The lowest BCUT2D eigenvalue weighted by Crippen LogP contribution is -2.39. The summed E-state index contributed by atoms with van der Waals surface area (Å²) < 4.78 is 51.6. The molecule has 4 rings (SSSR count). The Balaban J connectivity index is 1.61. The van der Waals surface area contributed by atoms with Gasteiger partial charge in [0.25, 0.3) is 0 Å². The summed E-state index contributed by atoms with van der Waals surface area (Å²) in [5.74, 6) is -0.0140. The number of methoxy groups -OCH3 is 1. The number of nitrogens with one attached hydrogen (secondary N) is 1. The average molecular weight is 497 g/mol. The SMILES string of the molecule is COC(C)(C)O[C@@H]1C[C@@H](CO)C[C@H]1Nc1ccnc2cc(-c3cccc(SC(F)(F)F)c3)nn12. The van der Waals surface area contributed by atoms with E-state index < -0.39 is 11.3 Å². The van der Waals surface area contributed by atoms with Crippen LogP contribution in [0.4, 0.5) is 19.0 Å². The molecule has 2 heterocycles. The Kier molecular flexibility index (Phi) is 7.09. The molecule has 0 spiro atoms. The number of nitrogens with zero attached hydrogens (tertiary/aromatic N) is 3. The maximum absolute atomic E-state index is 12.8. The Bertz CT molecular complexity index is 1140. The van der Waals surface area contributed by atoms with Crippen molar-refractivity contribution in [2.75, 3.05) is 19.0 Å². The molecule has 0 saturated heterocycles. The van der Waals surface area contributed by atoms with E-state index in [0.717, 1.165) is 0 Å². The van der Waals surface area contributed by atoms with Gasteiger partial charge in [-0.1, -0.05) is 12.1 Å². The predicted octanol–water partition coefficient (Wildman–Crippen LogP) is 4.96. The molecule has 1 aromatic carbocycles. The van der Waals surface area contributed by atoms with Gasteiger partial charge in [0.05, 0.1) is 17.8 Å². The molecule has 3 atom stereocenters. The number of hydrogen-bond donors (Lipinski definition) is 2. The highest BCUT2D eigenvalue weighted by atomic mass is 32.2. The minimum Gasteiger partial charge on any atom is -0.396 e. The lowest BCUT2D eigenvalue weighted by Gasteiger charge is -2.31. The van der Waals surface area contributed by atoms with E-state index in [1.165, 1.54) is 12.1 Å². The highest BCUT2D eigenvalue weighted by Gasteiger charge is 2.38. The second-order valence-corrected chi connectivity index (χ2v) is 9.87. The van der Waals surface area contributed by atoms with Crippen LogP contribution in [0.15, 0.2) is 47.5 Å². The van der Waals surface area contributed by atoms with Crippen molar-refractivity contribution in [2.24, 2.45) is 5.92 Å². The van der Waals surface area contributed by atoms with Crippen molar-refractivity contribution in [2.45, 2.75) is 55.0 Å². The molecule has 184 valence electrons. The number of aromatic nitrogens is 3. The van der Waals surface area contributed by atoms with Gasteiger partial charge in [-0.2, -0.15) is 22.8 Å². The topological polar surface area (TPSA) is 80.9 Å². The molecular weight excluding hydrogens is 469 g/mol. The fourth-order valence-corrected chi connectivity index (χ4v) is 4.73. The maximum Gasteiger partial charge on any atom is 0.446 e. The summed E-state index contributed by atoms with van der Waals surface area (Å²) in [6, 6.07) is 9.59. The first-order chi connectivity index (χ1) is 16.1. The standard InChI is InChI=1S/C23H27F3N4O3S/c1-22(2,32-3)33-19-10-14(13-31)9-18(19)28-20-7-8-27-21-12-17(29-30(20)21)15-5-4-6-16(11-15)34-23(24,25)26/h4-8,11-12,14,18-19,28,31H,9-10,13H2,1-3H3/t14-,18+,19+/m0/s1. The molecule has 0 amide bonds. The van der Waals surface area contributed by atoms with Crippen LogP contribution in [0.25, 0.3) is 16.9 Å². The first kappa shape index (κ1) is 24.8. The third kappa shape index (κ3) is 5.83. The van der Waals surface area contributed by atoms with Gasteiger partial charge in [0.1, 0.15) is 5.82 Å². The normalized spacial score (nSPS) is 21.3. The van der Waals surface area contributed by atoms with Crippen LogP contribution >= 0.6 is 11.8 Å². The quantitative estimate of drug-likeness (QED) is 0.337. The zero-order chi connectivity index (χ0) is 24.5. The number of ether oxygens (including phenoxy) is 2. The van der Waals surface area contributed by atoms with E-state index in [1.54, 1.807) is 42.1 Å². The van der Waals surface area contributed by atoms with Crippen LogP contribution in [0.3, 0.4) is 0 Å². The first-order valence-electron chi connectivity index (χ1n) is 10.9. The number of aliphatic hydroxyl groups is 1. The number of anilines is 1. The number of aliphatic hydroxyl groups excluding tert-OH is 1. The smallest absolute Gasteiger partial charge is 0.396 e. The average Bonchev–Trinajstić information content (AvgIpc) is 3.37. The number of fused-ring (bicyclic) bond motifs is 1. The Morgan fingerprint density at radius 2 is 2.00 bits per heavy atom. The van der Waals surface area contributed by atoms with Gasteiger partial charge in [-0.25, -0.2) is 4.98 Å². The molecule has 1 saturated carbocycles. The Labute approximate surface area is 199 Å². The van der Waals surface area contributed by atoms with Crippen molar-refractivity contribution in [3.63, 3.8) is 0 Å². The van der Waals surface area contributed by atoms with Crippen molar-refractivity contribution >= 4 is 23.2 Å². The molecule has 2 aromatic heterocycles. The Hall–Kier alpha value is -2.34. The molecule has 0 bridgehead atoms. The van der Waals surface area contributed by atoms with Crippen molar-refractivity contribution in [1.82, 2.24) is 14.6 Å². The summed E-state index contributed by atoms with van der Waals surface area (Å²) in [6.07, 6.45) is 2.84. The molecule has 1 aliphatic rings. The van der Waals surface area contributed by atoms with E-state index in [-0.39, 0.29) is 41.3 Å². The monoisotopic (exact) mass is 496 g/mol. The fourth-order valence-electron chi connectivity index (χ4n) is 4.13. The fraction of sp³-hybridized carbons (Fsp3) is 0.478. The van der Waals surface area contributed by atoms with Gasteiger partial charge in [0.15, 0.2) is 11.4 Å². The van der Waals surface area contributed by atoms with Crippen LogP contribution < -0.4 is 5.32 Å². The zero-order valence-electron chi connectivity index (χ0n) is 19.0. The molecule has 7 nitrogen and oxygen atoms in total. The highest BCUT2D eigenvalue weighted by Crippen LogP contribution is 2.38. The number of rotatable bonds is 8. The molecule has 0 aliphatic heterocycles. The van der Waals surface area contributed by atoms with Crippen LogP contribution in [-0.4, -0.2) is 56.9 Å². The first-order valence-corrected chi connectivity index (χ1v) is 11.7. The molecule has 11 heteroatoms. The summed E-state index contributed by atoms with van der Waals surface area (Å²) in [4.78, 5) is 4.44. The van der Waals surface area contributed by atoms with Crippen LogP contribution in [0.1, 0.15) is 26.7 Å². The number of thioether (sulfide) groups is 1. The summed E-state index contributed by atoms with van der Waals surface area (Å²) in [5.41, 5.74) is -2.73. The third-order valence-electron chi connectivity index (χ3n) is 5.84. The van der Waals surface area contributed by atoms with E-state index in [4.69, 9.17) is 9.47 Å². The second kappa shape index (κ2) is 9.73. The summed E-state index contributed by atoms with van der Waals surface area (Å²) in [6.45, 7) is 3.74. The summed E-state index contributed by atoms with van der Waals surface area (Å²) in [7, 11) is 1.58. The van der Waals surface area contributed by atoms with E-state index in [0.29, 0.717) is 35.6 Å². The van der Waals surface area contributed by atoms with Gasteiger partial charge in [-0.05, 0) is 62.6 Å². The van der Waals surface area contributed by atoms with Crippen molar-refractivity contribution < 1.29 is 27.8 Å². The minimum absolute atomic E-state index is 0.0649. The lowest BCUT2D eigenvalue weighted by atomic mass is 10.1. The van der Waals surface area contributed by atoms with Gasteiger partial charge in [0.2, 0.25) is 0 Å². The number of halogens is 3. The van der Waals surface area contributed by atoms with Crippen LogP contribution in [-0.2, 0) is 9.47 Å². The summed E-state index contributed by atoms with van der Waals surface area (Å²) in [5, 5.41) is 17.8.